The zero-order chi connectivity index (χ0) is 16.9. The Morgan fingerprint density at radius 3 is 2.12 bits per heavy atom. The van der Waals surface area contributed by atoms with E-state index in [1.807, 2.05) is 26.0 Å². The van der Waals surface area contributed by atoms with Gasteiger partial charge in [-0.25, -0.2) is 14.8 Å². The molecule has 1 aliphatic rings. The molecule has 1 aromatic heterocycles. The first-order valence-corrected chi connectivity index (χ1v) is 8.33. The Kier molecular flexibility index (Phi) is 4.93. The van der Waals surface area contributed by atoms with E-state index in [0.717, 1.165) is 35.9 Å². The van der Waals surface area contributed by atoms with Crippen LogP contribution in [0.25, 0.3) is 0 Å². The Hall–Kier alpha value is -2.63. The molecule has 2 heterocycles. The standard InChI is InChI=1S/C18H23N5O/c1-13-8-14(2)10-15(9-13)21-18(24)22-16-11-19-17(20-12-16)23-6-4-3-5-7-23/h8-12H,3-7H2,1-2H3,(H2,21,22,24). The summed E-state index contributed by atoms with van der Waals surface area (Å²) in [5.74, 6) is 0.731. The fraction of sp³-hybridized carbons (Fsp3) is 0.389. The highest BCUT2D eigenvalue weighted by atomic mass is 16.2. The molecular weight excluding hydrogens is 302 g/mol. The van der Waals surface area contributed by atoms with Crippen LogP contribution in [0, 0.1) is 13.8 Å². The maximum absolute atomic E-state index is 12.1. The summed E-state index contributed by atoms with van der Waals surface area (Å²) in [4.78, 5) is 23.0. The summed E-state index contributed by atoms with van der Waals surface area (Å²) in [6.45, 7) is 6.01. The van der Waals surface area contributed by atoms with E-state index < -0.39 is 0 Å². The second-order valence-corrected chi connectivity index (χ2v) is 6.27. The maximum atomic E-state index is 12.1. The third-order valence-electron chi connectivity index (χ3n) is 4.01. The second kappa shape index (κ2) is 7.29. The molecule has 1 fully saturated rings. The highest BCUT2D eigenvalue weighted by Crippen LogP contribution is 2.17. The number of amides is 2. The first-order chi connectivity index (χ1) is 11.6. The summed E-state index contributed by atoms with van der Waals surface area (Å²) in [7, 11) is 0. The number of nitrogens with zero attached hydrogens (tertiary/aromatic N) is 3. The third-order valence-corrected chi connectivity index (χ3v) is 4.01. The van der Waals surface area contributed by atoms with E-state index in [-0.39, 0.29) is 6.03 Å². The summed E-state index contributed by atoms with van der Waals surface area (Å²) in [5, 5.41) is 5.60. The lowest BCUT2D eigenvalue weighted by molar-refractivity contribution is 0.262. The first-order valence-electron chi connectivity index (χ1n) is 8.33. The number of hydrogen-bond donors (Lipinski definition) is 2. The number of rotatable bonds is 3. The van der Waals surface area contributed by atoms with Crippen molar-refractivity contribution in [1.82, 2.24) is 9.97 Å². The second-order valence-electron chi connectivity index (χ2n) is 6.27. The molecule has 0 aliphatic carbocycles. The quantitative estimate of drug-likeness (QED) is 0.902. The number of urea groups is 1. The zero-order valence-electron chi connectivity index (χ0n) is 14.2. The average molecular weight is 325 g/mol. The lowest BCUT2D eigenvalue weighted by Crippen LogP contribution is -2.31. The predicted molar refractivity (Wildman–Crippen MR) is 96.7 cm³/mol. The molecule has 24 heavy (non-hydrogen) atoms. The van der Waals surface area contributed by atoms with Crippen molar-refractivity contribution in [3.05, 3.63) is 41.7 Å². The minimum atomic E-state index is -0.297. The minimum Gasteiger partial charge on any atom is -0.341 e. The van der Waals surface area contributed by atoms with Crippen molar-refractivity contribution in [2.24, 2.45) is 0 Å². The topological polar surface area (TPSA) is 70.2 Å². The number of benzene rings is 1. The summed E-state index contributed by atoms with van der Waals surface area (Å²) in [6.07, 6.45) is 6.94. The van der Waals surface area contributed by atoms with Crippen molar-refractivity contribution in [1.29, 1.82) is 0 Å². The molecule has 2 amide bonds. The number of anilines is 3. The molecule has 1 aliphatic heterocycles. The summed E-state index contributed by atoms with van der Waals surface area (Å²) < 4.78 is 0. The highest BCUT2D eigenvalue weighted by Gasteiger charge is 2.13. The van der Waals surface area contributed by atoms with Gasteiger partial charge < -0.3 is 15.5 Å². The number of nitrogens with one attached hydrogen (secondary N) is 2. The van der Waals surface area contributed by atoms with Crippen LogP contribution < -0.4 is 15.5 Å². The van der Waals surface area contributed by atoms with Gasteiger partial charge in [-0.1, -0.05) is 6.07 Å². The fourth-order valence-corrected chi connectivity index (χ4v) is 2.98. The van der Waals surface area contributed by atoms with Crippen LogP contribution in [0.5, 0.6) is 0 Å². The Balaban J connectivity index is 1.59. The van der Waals surface area contributed by atoms with Gasteiger partial charge in [0.05, 0.1) is 18.1 Å². The van der Waals surface area contributed by atoms with Gasteiger partial charge in [-0.3, -0.25) is 0 Å². The molecule has 126 valence electrons. The molecule has 6 heteroatoms. The Morgan fingerprint density at radius 1 is 0.917 bits per heavy atom. The van der Waals surface area contributed by atoms with Crippen LogP contribution in [0.1, 0.15) is 30.4 Å². The van der Waals surface area contributed by atoms with Crippen molar-refractivity contribution in [2.45, 2.75) is 33.1 Å². The highest BCUT2D eigenvalue weighted by molar-refractivity contribution is 5.99. The zero-order valence-corrected chi connectivity index (χ0v) is 14.2. The lowest BCUT2D eigenvalue weighted by atomic mass is 10.1. The van der Waals surface area contributed by atoms with Gasteiger partial charge in [0.2, 0.25) is 5.95 Å². The van der Waals surface area contributed by atoms with E-state index in [0.29, 0.717) is 5.69 Å². The van der Waals surface area contributed by atoms with Gasteiger partial charge in [0.1, 0.15) is 0 Å². The number of aromatic nitrogens is 2. The van der Waals surface area contributed by atoms with Crippen LogP contribution in [-0.4, -0.2) is 29.1 Å². The summed E-state index contributed by atoms with van der Waals surface area (Å²) in [6, 6.07) is 5.63. The SMILES string of the molecule is Cc1cc(C)cc(NC(=O)Nc2cnc(N3CCCCC3)nc2)c1. The van der Waals surface area contributed by atoms with Crippen LogP contribution in [0.15, 0.2) is 30.6 Å². The predicted octanol–water partition coefficient (Wildman–Crippen LogP) is 3.73. The van der Waals surface area contributed by atoms with E-state index >= 15 is 0 Å². The van der Waals surface area contributed by atoms with Crippen molar-refractivity contribution >= 4 is 23.4 Å². The molecule has 2 N–H and O–H groups in total. The smallest absolute Gasteiger partial charge is 0.323 e. The molecule has 6 nitrogen and oxygen atoms in total. The van der Waals surface area contributed by atoms with Gasteiger partial charge in [-0.15, -0.1) is 0 Å². The lowest BCUT2D eigenvalue weighted by Gasteiger charge is -2.26. The average Bonchev–Trinajstić information content (AvgIpc) is 2.55. The van der Waals surface area contributed by atoms with Crippen molar-refractivity contribution in [3.63, 3.8) is 0 Å². The molecule has 1 saturated heterocycles. The van der Waals surface area contributed by atoms with Crippen LogP contribution >= 0.6 is 0 Å². The van der Waals surface area contributed by atoms with E-state index in [1.165, 1.54) is 19.3 Å². The van der Waals surface area contributed by atoms with Gasteiger partial charge in [-0.2, -0.15) is 0 Å². The summed E-state index contributed by atoms with van der Waals surface area (Å²) in [5.41, 5.74) is 3.58. The Labute approximate surface area is 142 Å². The summed E-state index contributed by atoms with van der Waals surface area (Å²) >= 11 is 0. The Morgan fingerprint density at radius 2 is 1.50 bits per heavy atom. The van der Waals surface area contributed by atoms with E-state index in [4.69, 9.17) is 0 Å². The van der Waals surface area contributed by atoms with Crippen molar-refractivity contribution in [2.75, 3.05) is 28.6 Å². The van der Waals surface area contributed by atoms with Gasteiger partial charge in [0.25, 0.3) is 0 Å². The molecule has 0 spiro atoms. The number of aryl methyl sites for hydroxylation is 2. The van der Waals surface area contributed by atoms with Crippen LogP contribution in [0.4, 0.5) is 22.1 Å². The van der Waals surface area contributed by atoms with Crippen LogP contribution in [-0.2, 0) is 0 Å². The van der Waals surface area contributed by atoms with Crippen LogP contribution in [0.3, 0.4) is 0 Å². The maximum Gasteiger partial charge on any atom is 0.323 e. The molecule has 1 aromatic carbocycles. The number of hydrogen-bond acceptors (Lipinski definition) is 4. The number of piperidine rings is 1. The van der Waals surface area contributed by atoms with Gasteiger partial charge in [0, 0.05) is 18.8 Å². The molecule has 0 radical (unpaired) electrons. The van der Waals surface area contributed by atoms with Gasteiger partial charge in [0.15, 0.2) is 0 Å². The van der Waals surface area contributed by atoms with Crippen molar-refractivity contribution in [3.8, 4) is 0 Å². The van der Waals surface area contributed by atoms with E-state index in [2.05, 4.69) is 31.6 Å². The third kappa shape index (κ3) is 4.22. The monoisotopic (exact) mass is 325 g/mol. The van der Waals surface area contributed by atoms with Crippen molar-refractivity contribution < 1.29 is 4.79 Å². The fourth-order valence-electron chi connectivity index (χ4n) is 2.98. The minimum absolute atomic E-state index is 0.297. The Bertz CT molecular complexity index is 688. The van der Waals surface area contributed by atoms with E-state index in [1.54, 1.807) is 12.4 Å². The largest absolute Gasteiger partial charge is 0.341 e. The number of carbonyl (C=O) groups is 1. The molecule has 0 saturated carbocycles. The van der Waals surface area contributed by atoms with Gasteiger partial charge in [-0.05, 0) is 56.4 Å². The molecule has 0 unspecified atom stereocenters. The van der Waals surface area contributed by atoms with Crippen LogP contribution in [0.2, 0.25) is 0 Å². The first kappa shape index (κ1) is 16.2. The molecule has 0 atom stereocenters. The molecule has 3 rings (SSSR count). The normalized spacial score (nSPS) is 14.3. The molecule has 2 aromatic rings. The van der Waals surface area contributed by atoms with E-state index in [9.17, 15) is 4.79 Å². The number of carbonyl (C=O) groups excluding carboxylic acids is 1. The van der Waals surface area contributed by atoms with Gasteiger partial charge >= 0.3 is 6.03 Å². The molecule has 0 bridgehead atoms. The molecular formula is C18H23N5O.